The van der Waals surface area contributed by atoms with E-state index < -0.39 is 24.6 Å². The van der Waals surface area contributed by atoms with Crippen LogP contribution in [-0.2, 0) is 4.74 Å². The molecule has 3 saturated carbocycles. The van der Waals surface area contributed by atoms with Crippen LogP contribution in [0.4, 0.5) is 13.2 Å². The van der Waals surface area contributed by atoms with Crippen molar-refractivity contribution in [1.82, 2.24) is 0 Å². The van der Waals surface area contributed by atoms with E-state index in [1.807, 2.05) is 0 Å². The number of rotatable bonds is 11. The summed E-state index contributed by atoms with van der Waals surface area (Å²) in [5.41, 5.74) is 0. The van der Waals surface area contributed by atoms with Gasteiger partial charge in [0.05, 0.1) is 6.10 Å². The molecule has 0 aliphatic heterocycles. The zero-order valence-corrected chi connectivity index (χ0v) is 20.8. The second kappa shape index (κ2) is 13.6. The Balaban J connectivity index is 1.41. The van der Waals surface area contributed by atoms with Gasteiger partial charge in [-0.05, 0) is 81.0 Å². The molecule has 7 atom stereocenters. The van der Waals surface area contributed by atoms with Crippen LogP contribution in [-0.4, -0.2) is 31.2 Å². The summed E-state index contributed by atoms with van der Waals surface area (Å²) in [5.74, 6) is 1.19. The van der Waals surface area contributed by atoms with Gasteiger partial charge < -0.3 is 4.74 Å². The highest BCUT2D eigenvalue weighted by Gasteiger charge is 2.47. The van der Waals surface area contributed by atoms with Crippen molar-refractivity contribution in [2.75, 3.05) is 6.61 Å². The van der Waals surface area contributed by atoms with Crippen LogP contribution in [0.25, 0.3) is 0 Å². The predicted octanol–water partition coefficient (Wildman–Crippen LogP) is 8.79. The third-order valence-corrected chi connectivity index (χ3v) is 9.11. The van der Waals surface area contributed by atoms with Gasteiger partial charge in [-0.2, -0.15) is 0 Å². The van der Waals surface area contributed by atoms with E-state index in [-0.39, 0.29) is 17.8 Å². The second-order valence-electron chi connectivity index (χ2n) is 11.3. The van der Waals surface area contributed by atoms with E-state index in [1.54, 1.807) is 0 Å². The molecular weight excluding hydrogens is 409 g/mol. The standard InChI is InChI=1S/C28H49F3O/c1-3-5-7-9-20-10-12-21(13-11-20)23-15-14-22(19-25(23)29)24-16-17-26(28(31)27(24)30)32-18-8-6-4-2/h20-28H,3-19H2,1-2H3. The van der Waals surface area contributed by atoms with Crippen molar-refractivity contribution < 1.29 is 17.9 Å². The zero-order valence-electron chi connectivity index (χ0n) is 20.8. The average molecular weight is 459 g/mol. The number of halogens is 3. The van der Waals surface area contributed by atoms with Crippen LogP contribution in [0.15, 0.2) is 0 Å². The van der Waals surface area contributed by atoms with Crippen molar-refractivity contribution in [1.29, 1.82) is 0 Å². The molecule has 3 aliphatic rings. The first-order valence-electron chi connectivity index (χ1n) is 14.1. The van der Waals surface area contributed by atoms with Crippen LogP contribution in [0.3, 0.4) is 0 Å². The fourth-order valence-electron chi connectivity index (χ4n) is 7.05. The minimum absolute atomic E-state index is 0.000856. The third-order valence-electron chi connectivity index (χ3n) is 9.11. The maximum atomic E-state index is 15.3. The minimum Gasteiger partial charge on any atom is -0.375 e. The zero-order chi connectivity index (χ0) is 22.9. The molecule has 0 spiro atoms. The maximum Gasteiger partial charge on any atom is 0.157 e. The predicted molar refractivity (Wildman–Crippen MR) is 127 cm³/mol. The number of ether oxygens (including phenoxy) is 1. The normalized spacial score (nSPS) is 41.0. The molecule has 0 heterocycles. The van der Waals surface area contributed by atoms with Gasteiger partial charge in [0.25, 0.3) is 0 Å². The van der Waals surface area contributed by atoms with Gasteiger partial charge in [0.2, 0.25) is 0 Å². The Bertz CT molecular complexity index is 507. The molecular formula is C28H49F3O. The Labute approximate surface area is 195 Å². The fourth-order valence-corrected chi connectivity index (χ4v) is 7.05. The van der Waals surface area contributed by atoms with E-state index in [2.05, 4.69) is 13.8 Å². The molecule has 0 aromatic rings. The molecule has 0 bridgehead atoms. The lowest BCUT2D eigenvalue weighted by Crippen LogP contribution is -2.47. The Kier molecular flexibility index (Phi) is 11.2. The molecule has 0 saturated heterocycles. The Hall–Kier alpha value is -0.250. The van der Waals surface area contributed by atoms with E-state index in [4.69, 9.17) is 4.74 Å². The first-order valence-corrected chi connectivity index (χ1v) is 14.1. The monoisotopic (exact) mass is 458 g/mol. The smallest absolute Gasteiger partial charge is 0.157 e. The molecule has 1 nitrogen and oxygen atoms in total. The van der Waals surface area contributed by atoms with Crippen molar-refractivity contribution in [2.24, 2.45) is 29.6 Å². The molecule has 3 rings (SSSR count). The number of alkyl halides is 3. The summed E-state index contributed by atoms with van der Waals surface area (Å²) in [7, 11) is 0. The molecule has 0 radical (unpaired) electrons. The number of unbranched alkanes of at least 4 members (excludes halogenated alkanes) is 4. The molecule has 32 heavy (non-hydrogen) atoms. The summed E-state index contributed by atoms with van der Waals surface area (Å²) in [5, 5.41) is 0. The highest BCUT2D eigenvalue weighted by atomic mass is 19.2. The molecule has 7 unspecified atom stereocenters. The molecule has 0 aromatic heterocycles. The van der Waals surface area contributed by atoms with Crippen LogP contribution in [0.2, 0.25) is 0 Å². The van der Waals surface area contributed by atoms with Gasteiger partial charge in [0.15, 0.2) is 6.17 Å². The molecule has 3 aliphatic carbocycles. The van der Waals surface area contributed by atoms with Crippen LogP contribution in [0.5, 0.6) is 0 Å². The van der Waals surface area contributed by atoms with Gasteiger partial charge in [-0.25, -0.2) is 13.2 Å². The van der Waals surface area contributed by atoms with Crippen LogP contribution < -0.4 is 0 Å². The summed E-state index contributed by atoms with van der Waals surface area (Å²) in [6.45, 7) is 4.89. The van der Waals surface area contributed by atoms with Crippen LogP contribution >= 0.6 is 0 Å². The summed E-state index contributed by atoms with van der Waals surface area (Å²) in [4.78, 5) is 0. The third kappa shape index (κ3) is 7.12. The fraction of sp³-hybridized carbons (Fsp3) is 1.00. The maximum absolute atomic E-state index is 15.3. The van der Waals surface area contributed by atoms with E-state index in [0.717, 1.165) is 38.0 Å². The van der Waals surface area contributed by atoms with Crippen LogP contribution in [0, 0.1) is 29.6 Å². The van der Waals surface area contributed by atoms with Gasteiger partial charge in [0, 0.05) is 6.61 Å². The van der Waals surface area contributed by atoms with E-state index in [0.29, 0.717) is 31.8 Å². The van der Waals surface area contributed by atoms with E-state index in [1.165, 1.54) is 51.4 Å². The van der Waals surface area contributed by atoms with E-state index in [9.17, 15) is 4.39 Å². The molecule has 188 valence electrons. The summed E-state index contributed by atoms with van der Waals surface area (Å²) < 4.78 is 50.8. The molecule has 0 N–H and O–H groups in total. The van der Waals surface area contributed by atoms with Gasteiger partial charge in [-0.15, -0.1) is 0 Å². The highest BCUT2D eigenvalue weighted by Crippen LogP contribution is 2.48. The first kappa shape index (κ1) is 26.4. The molecule has 4 heteroatoms. The summed E-state index contributed by atoms with van der Waals surface area (Å²) >= 11 is 0. The molecule has 3 fully saturated rings. The summed E-state index contributed by atoms with van der Waals surface area (Å²) in [6, 6.07) is 0. The first-order chi connectivity index (χ1) is 15.5. The largest absolute Gasteiger partial charge is 0.375 e. The van der Waals surface area contributed by atoms with Gasteiger partial charge >= 0.3 is 0 Å². The van der Waals surface area contributed by atoms with Crippen molar-refractivity contribution >= 4 is 0 Å². The van der Waals surface area contributed by atoms with Crippen LogP contribution in [0.1, 0.15) is 117 Å². The summed E-state index contributed by atoms with van der Waals surface area (Å²) in [6.07, 6.45) is 12.2. The lowest BCUT2D eigenvalue weighted by molar-refractivity contribution is -0.0926. The Morgan fingerprint density at radius 3 is 2.00 bits per heavy atom. The van der Waals surface area contributed by atoms with Gasteiger partial charge in [0.1, 0.15) is 12.3 Å². The van der Waals surface area contributed by atoms with Crippen molar-refractivity contribution in [3.8, 4) is 0 Å². The average Bonchev–Trinajstić information content (AvgIpc) is 2.80. The molecule has 0 amide bonds. The Morgan fingerprint density at radius 1 is 0.656 bits per heavy atom. The quantitative estimate of drug-likeness (QED) is 0.281. The van der Waals surface area contributed by atoms with Crippen molar-refractivity contribution in [3.05, 3.63) is 0 Å². The van der Waals surface area contributed by atoms with Crippen molar-refractivity contribution in [3.63, 3.8) is 0 Å². The van der Waals surface area contributed by atoms with Gasteiger partial charge in [-0.1, -0.05) is 65.2 Å². The highest BCUT2D eigenvalue weighted by molar-refractivity contribution is 4.96. The second-order valence-corrected chi connectivity index (χ2v) is 11.3. The number of hydrogen-bond donors (Lipinski definition) is 0. The topological polar surface area (TPSA) is 9.23 Å². The lowest BCUT2D eigenvalue weighted by atomic mass is 9.64. The Morgan fingerprint density at radius 2 is 1.31 bits per heavy atom. The SMILES string of the molecule is CCCCCOC1CCC(C2CCC(C3CCC(CCCCC)CC3)C(F)C2)C(F)C1F. The molecule has 0 aromatic carbocycles. The van der Waals surface area contributed by atoms with Gasteiger partial charge in [-0.3, -0.25) is 0 Å². The van der Waals surface area contributed by atoms with E-state index >= 15 is 8.78 Å². The van der Waals surface area contributed by atoms with Crippen molar-refractivity contribution in [2.45, 2.75) is 141 Å². The minimum atomic E-state index is -1.55. The number of hydrogen-bond acceptors (Lipinski definition) is 1. The lowest BCUT2D eigenvalue weighted by Gasteiger charge is -2.44.